The van der Waals surface area contributed by atoms with Crippen LogP contribution in [0.1, 0.15) is 26.3 Å². The third-order valence-electron chi connectivity index (χ3n) is 4.57. The first kappa shape index (κ1) is 19.1. The minimum absolute atomic E-state index is 0.380. The first-order valence-corrected chi connectivity index (χ1v) is 9.53. The minimum Gasteiger partial charge on any atom is -0.267 e. The van der Waals surface area contributed by atoms with Crippen molar-refractivity contribution < 1.29 is 9.59 Å². The molecule has 2 amide bonds. The molecule has 2 N–H and O–H groups in total. The number of rotatable bonds is 5. The third-order valence-corrected chi connectivity index (χ3v) is 4.57. The molecular formula is C24H20N4O2. The van der Waals surface area contributed by atoms with Crippen LogP contribution in [0, 0.1) is 0 Å². The van der Waals surface area contributed by atoms with Gasteiger partial charge in [0.2, 0.25) is 0 Å². The molecule has 4 rings (SSSR count). The summed E-state index contributed by atoms with van der Waals surface area (Å²) in [6.45, 7) is 0.532. The Kier molecular flexibility index (Phi) is 5.66. The average Bonchev–Trinajstić information content (AvgIpc) is 3.23. The Morgan fingerprint density at radius 2 is 1.30 bits per heavy atom. The van der Waals surface area contributed by atoms with E-state index in [9.17, 15) is 9.59 Å². The van der Waals surface area contributed by atoms with E-state index in [1.54, 1.807) is 35.1 Å². The number of aromatic nitrogens is 2. The van der Waals surface area contributed by atoms with Crippen molar-refractivity contribution in [2.24, 2.45) is 0 Å². The van der Waals surface area contributed by atoms with E-state index < -0.39 is 5.91 Å². The number of benzene rings is 3. The van der Waals surface area contributed by atoms with E-state index in [0.717, 1.165) is 11.1 Å². The Labute approximate surface area is 174 Å². The highest BCUT2D eigenvalue weighted by Gasteiger charge is 2.19. The van der Waals surface area contributed by atoms with Crippen molar-refractivity contribution in [3.8, 4) is 11.3 Å². The molecule has 0 saturated carbocycles. The highest BCUT2D eigenvalue weighted by atomic mass is 16.2. The van der Waals surface area contributed by atoms with Crippen LogP contribution in [0.3, 0.4) is 0 Å². The van der Waals surface area contributed by atoms with Gasteiger partial charge in [0, 0.05) is 17.3 Å². The lowest BCUT2D eigenvalue weighted by molar-refractivity contribution is 0.0847. The van der Waals surface area contributed by atoms with Crippen molar-refractivity contribution in [1.82, 2.24) is 20.6 Å². The standard InChI is InChI=1S/C24H20N4O2/c29-23(20-14-8-3-9-15-20)25-26-24(30)21-17-28(16-18-10-4-1-5-11-18)27-22(21)19-12-6-2-7-13-19/h1-15,17H,16H2,(H,25,29)(H,26,30). The van der Waals surface area contributed by atoms with Crippen molar-refractivity contribution in [3.63, 3.8) is 0 Å². The number of nitrogens with zero attached hydrogens (tertiary/aromatic N) is 2. The zero-order valence-corrected chi connectivity index (χ0v) is 16.2. The van der Waals surface area contributed by atoms with E-state index in [0.29, 0.717) is 23.4 Å². The third kappa shape index (κ3) is 4.44. The molecule has 0 bridgehead atoms. The van der Waals surface area contributed by atoms with Gasteiger partial charge in [0.1, 0.15) is 5.69 Å². The molecule has 148 valence electrons. The van der Waals surface area contributed by atoms with Crippen molar-refractivity contribution >= 4 is 11.8 Å². The molecule has 4 aromatic rings. The second kappa shape index (κ2) is 8.87. The fraction of sp³-hybridized carbons (Fsp3) is 0.0417. The van der Waals surface area contributed by atoms with Crippen LogP contribution in [0.15, 0.2) is 97.2 Å². The van der Waals surface area contributed by atoms with Gasteiger partial charge in [-0.1, -0.05) is 78.9 Å². The van der Waals surface area contributed by atoms with Gasteiger partial charge in [-0.05, 0) is 17.7 Å². The zero-order valence-electron chi connectivity index (χ0n) is 16.2. The van der Waals surface area contributed by atoms with Gasteiger partial charge in [-0.15, -0.1) is 0 Å². The summed E-state index contributed by atoms with van der Waals surface area (Å²) in [6, 6.07) is 28.1. The maximum Gasteiger partial charge on any atom is 0.273 e. The molecule has 0 spiro atoms. The Bertz CT molecular complexity index is 1140. The van der Waals surface area contributed by atoms with Gasteiger partial charge >= 0.3 is 0 Å². The Morgan fingerprint density at radius 1 is 0.733 bits per heavy atom. The number of hydrazine groups is 1. The molecule has 6 heteroatoms. The van der Waals surface area contributed by atoms with E-state index in [4.69, 9.17) is 0 Å². The summed E-state index contributed by atoms with van der Waals surface area (Å²) < 4.78 is 1.73. The van der Waals surface area contributed by atoms with Crippen molar-refractivity contribution in [2.45, 2.75) is 6.54 Å². The molecule has 30 heavy (non-hydrogen) atoms. The minimum atomic E-state index is -0.433. The summed E-state index contributed by atoms with van der Waals surface area (Å²) >= 11 is 0. The predicted molar refractivity (Wildman–Crippen MR) is 115 cm³/mol. The molecule has 0 radical (unpaired) electrons. The summed E-state index contributed by atoms with van der Waals surface area (Å²) in [5.74, 6) is -0.820. The van der Waals surface area contributed by atoms with Crippen LogP contribution in [0.2, 0.25) is 0 Å². The predicted octanol–water partition coefficient (Wildman–Crippen LogP) is 3.67. The lowest BCUT2D eigenvalue weighted by atomic mass is 10.1. The van der Waals surface area contributed by atoms with E-state index in [2.05, 4.69) is 16.0 Å². The molecule has 6 nitrogen and oxygen atoms in total. The van der Waals surface area contributed by atoms with Crippen molar-refractivity contribution in [1.29, 1.82) is 0 Å². The van der Waals surface area contributed by atoms with Gasteiger partial charge < -0.3 is 0 Å². The molecule has 0 saturated heterocycles. The maximum absolute atomic E-state index is 12.9. The summed E-state index contributed by atoms with van der Waals surface area (Å²) in [4.78, 5) is 25.1. The van der Waals surface area contributed by atoms with Crippen LogP contribution in [0.25, 0.3) is 11.3 Å². The monoisotopic (exact) mass is 396 g/mol. The smallest absolute Gasteiger partial charge is 0.267 e. The van der Waals surface area contributed by atoms with Crippen LogP contribution in [-0.2, 0) is 6.54 Å². The van der Waals surface area contributed by atoms with Gasteiger partial charge in [-0.3, -0.25) is 25.1 Å². The Balaban J connectivity index is 1.57. The Morgan fingerprint density at radius 3 is 1.97 bits per heavy atom. The molecular weight excluding hydrogens is 376 g/mol. The molecule has 0 fully saturated rings. The number of amides is 2. The van der Waals surface area contributed by atoms with Crippen LogP contribution >= 0.6 is 0 Å². The molecule has 0 aliphatic rings. The molecule has 0 unspecified atom stereocenters. The number of carbonyl (C=O) groups is 2. The molecule has 0 aliphatic carbocycles. The number of hydrogen-bond acceptors (Lipinski definition) is 3. The summed E-state index contributed by atoms with van der Waals surface area (Å²) in [6.07, 6.45) is 1.69. The number of hydrogen-bond donors (Lipinski definition) is 2. The van der Waals surface area contributed by atoms with Gasteiger partial charge in [-0.2, -0.15) is 5.10 Å². The summed E-state index contributed by atoms with van der Waals surface area (Å²) in [5, 5.41) is 4.63. The van der Waals surface area contributed by atoms with Crippen LogP contribution in [0.5, 0.6) is 0 Å². The summed E-state index contributed by atoms with van der Waals surface area (Å²) in [7, 11) is 0. The molecule has 3 aromatic carbocycles. The summed E-state index contributed by atoms with van der Waals surface area (Å²) in [5.41, 5.74) is 8.24. The maximum atomic E-state index is 12.9. The van der Waals surface area contributed by atoms with Gasteiger partial charge in [0.05, 0.1) is 12.1 Å². The highest BCUT2D eigenvalue weighted by molar-refractivity contribution is 6.02. The van der Waals surface area contributed by atoms with Gasteiger partial charge in [0.25, 0.3) is 11.8 Å². The van der Waals surface area contributed by atoms with E-state index in [1.807, 2.05) is 66.7 Å². The number of nitrogens with one attached hydrogen (secondary N) is 2. The first-order chi connectivity index (χ1) is 14.7. The van der Waals surface area contributed by atoms with Gasteiger partial charge in [-0.25, -0.2) is 0 Å². The van der Waals surface area contributed by atoms with Crippen LogP contribution in [-0.4, -0.2) is 21.6 Å². The van der Waals surface area contributed by atoms with Crippen molar-refractivity contribution in [2.75, 3.05) is 0 Å². The van der Waals surface area contributed by atoms with E-state index in [1.165, 1.54) is 0 Å². The topological polar surface area (TPSA) is 76.0 Å². The van der Waals surface area contributed by atoms with Crippen LogP contribution in [0.4, 0.5) is 0 Å². The van der Waals surface area contributed by atoms with Gasteiger partial charge in [0.15, 0.2) is 0 Å². The fourth-order valence-corrected chi connectivity index (χ4v) is 3.09. The SMILES string of the molecule is O=C(NNC(=O)c1cn(Cc2ccccc2)nc1-c1ccccc1)c1ccccc1. The van der Waals surface area contributed by atoms with Crippen molar-refractivity contribution in [3.05, 3.63) is 114 Å². The number of carbonyl (C=O) groups excluding carboxylic acids is 2. The second-order valence-corrected chi connectivity index (χ2v) is 6.71. The molecule has 0 aliphatic heterocycles. The second-order valence-electron chi connectivity index (χ2n) is 6.71. The Hall–Kier alpha value is -4.19. The lowest BCUT2D eigenvalue weighted by Gasteiger charge is -2.07. The molecule has 1 heterocycles. The fourth-order valence-electron chi connectivity index (χ4n) is 3.09. The quantitative estimate of drug-likeness (QED) is 0.506. The van der Waals surface area contributed by atoms with E-state index >= 15 is 0 Å². The highest BCUT2D eigenvalue weighted by Crippen LogP contribution is 2.22. The lowest BCUT2D eigenvalue weighted by Crippen LogP contribution is -2.41. The molecule has 1 aromatic heterocycles. The zero-order chi connectivity index (χ0) is 20.8. The average molecular weight is 396 g/mol. The van der Waals surface area contributed by atoms with Crippen LogP contribution < -0.4 is 10.9 Å². The first-order valence-electron chi connectivity index (χ1n) is 9.53. The van der Waals surface area contributed by atoms with E-state index in [-0.39, 0.29) is 5.91 Å². The normalized spacial score (nSPS) is 10.4. The molecule has 0 atom stereocenters. The largest absolute Gasteiger partial charge is 0.273 e.